The SMILES string of the molecule is CC(=O)C1=NN(c2ccccc2)[C@]2(N3CCOCC3)CCC[C@@H]12. The van der Waals surface area contributed by atoms with E-state index in [1.54, 1.807) is 6.92 Å². The Kier molecular flexibility index (Phi) is 3.70. The van der Waals surface area contributed by atoms with E-state index >= 15 is 0 Å². The minimum absolute atomic E-state index is 0.105. The van der Waals surface area contributed by atoms with Gasteiger partial charge in [0.05, 0.1) is 18.9 Å². The number of para-hydroxylation sites is 1. The quantitative estimate of drug-likeness (QED) is 0.859. The number of carbonyl (C=O) groups is 1. The smallest absolute Gasteiger partial charge is 0.176 e. The van der Waals surface area contributed by atoms with E-state index in [1.165, 1.54) is 0 Å². The van der Waals surface area contributed by atoms with Gasteiger partial charge in [-0.15, -0.1) is 0 Å². The van der Waals surface area contributed by atoms with Crippen molar-refractivity contribution in [3.05, 3.63) is 30.3 Å². The Morgan fingerprint density at radius 1 is 1.26 bits per heavy atom. The zero-order valence-electron chi connectivity index (χ0n) is 13.6. The first-order chi connectivity index (χ1) is 11.2. The molecule has 0 N–H and O–H groups in total. The number of ketones is 1. The predicted octanol–water partition coefficient (Wildman–Crippen LogP) is 2.28. The molecule has 0 unspecified atom stereocenters. The molecule has 5 heteroatoms. The number of Topliss-reactive ketones (excluding diaryl/α,β-unsaturated/α-hetero) is 1. The molecule has 0 bridgehead atoms. The summed E-state index contributed by atoms with van der Waals surface area (Å²) in [7, 11) is 0. The molecule has 2 heterocycles. The second-order valence-corrected chi connectivity index (χ2v) is 6.61. The van der Waals surface area contributed by atoms with Crippen LogP contribution in [0.25, 0.3) is 0 Å². The number of hydrazone groups is 1. The fourth-order valence-corrected chi connectivity index (χ4v) is 4.47. The summed E-state index contributed by atoms with van der Waals surface area (Å²) in [5.41, 5.74) is 1.63. The molecule has 0 aromatic heterocycles. The van der Waals surface area contributed by atoms with Crippen molar-refractivity contribution in [3.8, 4) is 0 Å². The summed E-state index contributed by atoms with van der Waals surface area (Å²) in [6.07, 6.45) is 3.23. The maximum Gasteiger partial charge on any atom is 0.176 e. The van der Waals surface area contributed by atoms with Gasteiger partial charge in [0.1, 0.15) is 11.4 Å². The van der Waals surface area contributed by atoms with Gasteiger partial charge in [0.2, 0.25) is 0 Å². The van der Waals surface area contributed by atoms with Crippen molar-refractivity contribution in [2.45, 2.75) is 31.8 Å². The number of hydrogen-bond donors (Lipinski definition) is 0. The lowest BCUT2D eigenvalue weighted by Gasteiger charge is -2.48. The molecule has 1 aromatic carbocycles. The Hall–Kier alpha value is -1.72. The van der Waals surface area contributed by atoms with Crippen LogP contribution in [0.5, 0.6) is 0 Å². The Morgan fingerprint density at radius 2 is 2.00 bits per heavy atom. The molecule has 1 saturated carbocycles. The molecule has 2 fully saturated rings. The van der Waals surface area contributed by atoms with Crippen molar-refractivity contribution in [1.29, 1.82) is 0 Å². The van der Waals surface area contributed by atoms with Gasteiger partial charge < -0.3 is 4.74 Å². The third-order valence-corrected chi connectivity index (χ3v) is 5.42. The standard InChI is InChI=1S/C18H23N3O2/c1-14(22)17-16-8-5-9-18(16,20-10-12-23-13-11-20)21(19-17)15-6-3-2-4-7-15/h2-4,6-7,16H,5,8-13H2,1H3/t16-,18+/m0/s1. The summed E-state index contributed by atoms with van der Waals surface area (Å²) in [5.74, 6) is 0.311. The molecule has 1 saturated heterocycles. The summed E-state index contributed by atoms with van der Waals surface area (Å²) in [6.45, 7) is 4.97. The molecule has 23 heavy (non-hydrogen) atoms. The van der Waals surface area contributed by atoms with E-state index in [2.05, 4.69) is 22.0 Å². The zero-order chi connectivity index (χ0) is 15.9. The first kappa shape index (κ1) is 14.8. The summed E-state index contributed by atoms with van der Waals surface area (Å²) in [5, 5.41) is 6.94. The van der Waals surface area contributed by atoms with E-state index in [4.69, 9.17) is 9.84 Å². The van der Waals surface area contributed by atoms with Crippen LogP contribution in [0.3, 0.4) is 0 Å². The average molecular weight is 313 g/mol. The minimum atomic E-state index is -0.188. The lowest BCUT2D eigenvalue weighted by atomic mass is 9.88. The maximum atomic E-state index is 12.2. The number of benzene rings is 1. The minimum Gasteiger partial charge on any atom is -0.379 e. The molecule has 0 radical (unpaired) electrons. The summed E-state index contributed by atoms with van der Waals surface area (Å²) in [4.78, 5) is 14.7. The Balaban J connectivity index is 1.81. The largest absolute Gasteiger partial charge is 0.379 e. The number of anilines is 1. The molecular weight excluding hydrogens is 290 g/mol. The number of nitrogens with zero attached hydrogens (tertiary/aromatic N) is 3. The third kappa shape index (κ3) is 2.22. The second-order valence-electron chi connectivity index (χ2n) is 6.61. The predicted molar refractivity (Wildman–Crippen MR) is 89.5 cm³/mol. The topological polar surface area (TPSA) is 45.1 Å². The first-order valence-corrected chi connectivity index (χ1v) is 8.51. The molecule has 1 aliphatic carbocycles. The zero-order valence-corrected chi connectivity index (χ0v) is 13.6. The van der Waals surface area contributed by atoms with Crippen LogP contribution in [0.4, 0.5) is 5.69 Å². The van der Waals surface area contributed by atoms with Gasteiger partial charge in [-0.05, 0) is 31.4 Å². The lowest BCUT2D eigenvalue weighted by molar-refractivity contribution is -0.111. The number of ether oxygens (including phenoxy) is 1. The third-order valence-electron chi connectivity index (χ3n) is 5.42. The van der Waals surface area contributed by atoms with Crippen molar-refractivity contribution in [2.24, 2.45) is 11.0 Å². The molecule has 2 atom stereocenters. The first-order valence-electron chi connectivity index (χ1n) is 8.51. The van der Waals surface area contributed by atoms with Crippen LogP contribution >= 0.6 is 0 Å². The molecule has 0 spiro atoms. The van der Waals surface area contributed by atoms with E-state index in [9.17, 15) is 4.79 Å². The van der Waals surface area contributed by atoms with Crippen LogP contribution in [0.15, 0.2) is 35.4 Å². The lowest BCUT2D eigenvalue weighted by Crippen LogP contribution is -2.62. The maximum absolute atomic E-state index is 12.2. The molecular formula is C18H23N3O2. The van der Waals surface area contributed by atoms with Crippen LogP contribution in [-0.4, -0.2) is 48.4 Å². The molecule has 3 aliphatic rings. The Morgan fingerprint density at radius 3 is 2.70 bits per heavy atom. The van der Waals surface area contributed by atoms with Gasteiger partial charge in [-0.3, -0.25) is 9.69 Å². The second kappa shape index (κ2) is 5.73. The van der Waals surface area contributed by atoms with E-state index in [-0.39, 0.29) is 17.4 Å². The van der Waals surface area contributed by atoms with Crippen molar-refractivity contribution in [3.63, 3.8) is 0 Å². The molecule has 4 rings (SSSR count). The highest BCUT2D eigenvalue weighted by Gasteiger charge is 2.58. The molecule has 5 nitrogen and oxygen atoms in total. The van der Waals surface area contributed by atoms with Gasteiger partial charge in [-0.2, -0.15) is 5.10 Å². The van der Waals surface area contributed by atoms with Crippen LogP contribution < -0.4 is 5.01 Å². The molecule has 2 aliphatic heterocycles. The molecule has 0 amide bonds. The molecule has 1 aromatic rings. The van der Waals surface area contributed by atoms with Crippen molar-refractivity contribution >= 4 is 17.2 Å². The highest BCUT2D eigenvalue weighted by Crippen LogP contribution is 2.49. The number of fused-ring (bicyclic) bond motifs is 1. The normalized spacial score (nSPS) is 31.1. The highest BCUT2D eigenvalue weighted by atomic mass is 16.5. The fourth-order valence-electron chi connectivity index (χ4n) is 4.47. The number of rotatable bonds is 3. The van der Waals surface area contributed by atoms with Crippen LogP contribution in [0.2, 0.25) is 0 Å². The van der Waals surface area contributed by atoms with Crippen LogP contribution in [0.1, 0.15) is 26.2 Å². The highest BCUT2D eigenvalue weighted by molar-refractivity contribution is 6.41. The number of hydrogen-bond acceptors (Lipinski definition) is 5. The van der Waals surface area contributed by atoms with Gasteiger partial charge in [-0.1, -0.05) is 18.2 Å². The number of morpholine rings is 1. The van der Waals surface area contributed by atoms with Crippen LogP contribution in [-0.2, 0) is 9.53 Å². The van der Waals surface area contributed by atoms with Gasteiger partial charge in [0.15, 0.2) is 5.78 Å². The summed E-state index contributed by atoms with van der Waals surface area (Å²) in [6, 6.07) is 10.3. The Bertz CT molecular complexity index is 624. The van der Waals surface area contributed by atoms with Gasteiger partial charge in [0, 0.05) is 25.9 Å². The number of carbonyl (C=O) groups excluding carboxylic acids is 1. The van der Waals surface area contributed by atoms with Crippen molar-refractivity contribution in [1.82, 2.24) is 4.90 Å². The fraction of sp³-hybridized carbons (Fsp3) is 0.556. The van der Waals surface area contributed by atoms with Crippen LogP contribution in [0, 0.1) is 5.92 Å². The Labute approximate surface area is 136 Å². The molecule has 122 valence electrons. The van der Waals surface area contributed by atoms with E-state index < -0.39 is 0 Å². The summed E-state index contributed by atoms with van der Waals surface area (Å²) >= 11 is 0. The summed E-state index contributed by atoms with van der Waals surface area (Å²) < 4.78 is 5.56. The van der Waals surface area contributed by atoms with Gasteiger partial charge in [0.25, 0.3) is 0 Å². The van der Waals surface area contributed by atoms with Crippen molar-refractivity contribution in [2.75, 3.05) is 31.3 Å². The van der Waals surface area contributed by atoms with Gasteiger partial charge in [-0.25, -0.2) is 5.01 Å². The van der Waals surface area contributed by atoms with E-state index in [0.717, 1.165) is 57.0 Å². The van der Waals surface area contributed by atoms with Crippen molar-refractivity contribution < 1.29 is 9.53 Å². The van der Waals surface area contributed by atoms with E-state index in [0.29, 0.717) is 0 Å². The van der Waals surface area contributed by atoms with Gasteiger partial charge >= 0.3 is 0 Å². The monoisotopic (exact) mass is 313 g/mol. The average Bonchev–Trinajstić information content (AvgIpc) is 3.14. The van der Waals surface area contributed by atoms with E-state index in [1.807, 2.05) is 18.2 Å².